The van der Waals surface area contributed by atoms with E-state index in [0.29, 0.717) is 23.8 Å². The van der Waals surface area contributed by atoms with E-state index in [1.54, 1.807) is 0 Å². The van der Waals surface area contributed by atoms with Gasteiger partial charge in [0.2, 0.25) is 0 Å². The summed E-state index contributed by atoms with van der Waals surface area (Å²) in [6, 6.07) is 4.10. The topological polar surface area (TPSA) is 80.5 Å². The molecule has 4 rings (SSSR count). The van der Waals surface area contributed by atoms with Crippen molar-refractivity contribution in [1.29, 1.82) is 0 Å². The molecule has 0 amide bonds. The van der Waals surface area contributed by atoms with Crippen LogP contribution in [0.5, 0.6) is 0 Å². The van der Waals surface area contributed by atoms with Crippen LogP contribution in [0.4, 0.5) is 0 Å². The van der Waals surface area contributed by atoms with Crippen LogP contribution >= 0.6 is 0 Å². The van der Waals surface area contributed by atoms with Crippen molar-refractivity contribution in [3.63, 3.8) is 0 Å². The molecule has 174 valence electrons. The number of hydrogen-bond donors (Lipinski definition) is 1. The lowest BCUT2D eigenvalue weighted by atomic mass is 9.73. The maximum atomic E-state index is 9.72. The smallest absolute Gasteiger partial charge is 0.186 e. The first kappa shape index (κ1) is 22.7. The molecule has 0 fully saturated rings. The second kappa shape index (κ2) is 7.82. The van der Waals surface area contributed by atoms with Crippen LogP contribution in [0.2, 0.25) is 0 Å². The molecule has 2 atom stereocenters. The highest BCUT2D eigenvalue weighted by atomic mass is 16.6. The molecule has 6 nitrogen and oxygen atoms in total. The van der Waals surface area contributed by atoms with Crippen LogP contribution in [-0.4, -0.2) is 16.6 Å². The molecule has 2 aliphatic carbocycles. The van der Waals surface area contributed by atoms with Crippen molar-refractivity contribution >= 4 is 11.4 Å². The average Bonchev–Trinajstić information content (AvgIpc) is 3.29. The fourth-order valence-corrected chi connectivity index (χ4v) is 4.66. The van der Waals surface area contributed by atoms with Crippen molar-refractivity contribution in [1.82, 2.24) is 0 Å². The zero-order valence-electron chi connectivity index (χ0n) is 20.6. The van der Waals surface area contributed by atoms with Crippen molar-refractivity contribution in [3.8, 4) is 0 Å². The van der Waals surface area contributed by atoms with E-state index in [2.05, 4.69) is 71.8 Å². The number of furan rings is 2. The Bertz CT molecular complexity index is 1060. The van der Waals surface area contributed by atoms with Crippen LogP contribution in [0.15, 0.2) is 31.3 Å². The summed E-state index contributed by atoms with van der Waals surface area (Å²) in [6.45, 7) is 17.0. The molecule has 1 N–H and O–H groups in total. The second-order valence-corrected chi connectivity index (χ2v) is 11.5. The maximum Gasteiger partial charge on any atom is 0.186 e. The van der Waals surface area contributed by atoms with E-state index in [1.807, 2.05) is 6.07 Å². The van der Waals surface area contributed by atoms with Gasteiger partial charge in [-0.1, -0.05) is 65.7 Å². The minimum atomic E-state index is -0.370. The SMILES string of the molecule is CC1C/C(=N/OC2CC(C)(C)/C(=N/O)c3cc(C(C)C)oc32)c2cc(C(C)(C)C)oc2C1. The molecule has 0 saturated carbocycles. The van der Waals surface area contributed by atoms with Crippen LogP contribution in [0, 0.1) is 11.3 Å². The minimum Gasteiger partial charge on any atom is -0.465 e. The third-order valence-electron chi connectivity index (χ3n) is 6.56. The lowest BCUT2D eigenvalue weighted by Gasteiger charge is -2.33. The van der Waals surface area contributed by atoms with Crippen molar-refractivity contribution < 1.29 is 18.9 Å². The Balaban J connectivity index is 1.70. The fourth-order valence-electron chi connectivity index (χ4n) is 4.66. The van der Waals surface area contributed by atoms with Gasteiger partial charge in [0.15, 0.2) is 11.9 Å². The van der Waals surface area contributed by atoms with E-state index in [4.69, 9.17) is 13.7 Å². The first-order chi connectivity index (χ1) is 14.9. The normalized spacial score (nSPS) is 25.3. The Morgan fingerprint density at radius 3 is 2.47 bits per heavy atom. The molecule has 0 aliphatic heterocycles. The molecular formula is C26H36N2O4. The minimum absolute atomic E-state index is 0.0592. The molecule has 2 aromatic rings. The zero-order chi connectivity index (χ0) is 23.4. The highest BCUT2D eigenvalue weighted by Crippen LogP contribution is 2.45. The number of rotatable bonds is 3. The summed E-state index contributed by atoms with van der Waals surface area (Å²) in [6.07, 6.45) is 2.03. The summed E-state index contributed by atoms with van der Waals surface area (Å²) in [5.41, 5.74) is 3.00. The van der Waals surface area contributed by atoms with Gasteiger partial charge < -0.3 is 18.9 Å². The Hall–Kier alpha value is -2.50. The first-order valence-corrected chi connectivity index (χ1v) is 11.6. The van der Waals surface area contributed by atoms with Crippen LogP contribution in [0.1, 0.15) is 114 Å². The predicted molar refractivity (Wildman–Crippen MR) is 125 cm³/mol. The highest BCUT2D eigenvalue weighted by molar-refractivity contribution is 6.06. The third kappa shape index (κ3) is 4.00. The zero-order valence-corrected chi connectivity index (χ0v) is 20.6. The molecule has 2 heterocycles. The second-order valence-electron chi connectivity index (χ2n) is 11.5. The Morgan fingerprint density at radius 2 is 1.84 bits per heavy atom. The van der Waals surface area contributed by atoms with E-state index in [-0.39, 0.29) is 22.9 Å². The van der Waals surface area contributed by atoms with Gasteiger partial charge in [-0.15, -0.1) is 0 Å². The molecular weight excluding hydrogens is 404 g/mol. The quantitative estimate of drug-likeness (QED) is 0.414. The molecule has 6 heteroatoms. The van der Waals surface area contributed by atoms with E-state index in [1.165, 1.54) is 0 Å². The molecule has 32 heavy (non-hydrogen) atoms. The van der Waals surface area contributed by atoms with Crippen LogP contribution in [-0.2, 0) is 16.7 Å². The highest BCUT2D eigenvalue weighted by Gasteiger charge is 2.43. The Kier molecular flexibility index (Phi) is 5.54. The first-order valence-electron chi connectivity index (χ1n) is 11.6. The molecule has 0 spiro atoms. The summed E-state index contributed by atoms with van der Waals surface area (Å²) in [5, 5.41) is 18.0. The van der Waals surface area contributed by atoms with Gasteiger partial charge in [0.25, 0.3) is 0 Å². The van der Waals surface area contributed by atoms with Gasteiger partial charge in [0, 0.05) is 40.7 Å². The van der Waals surface area contributed by atoms with Crippen LogP contribution < -0.4 is 0 Å². The summed E-state index contributed by atoms with van der Waals surface area (Å²) >= 11 is 0. The molecule has 0 aromatic carbocycles. The summed E-state index contributed by atoms with van der Waals surface area (Å²) in [4.78, 5) is 6.19. The summed E-state index contributed by atoms with van der Waals surface area (Å²) in [7, 11) is 0. The van der Waals surface area contributed by atoms with Gasteiger partial charge in [-0.2, -0.15) is 0 Å². The fraction of sp³-hybridized carbons (Fsp3) is 0.615. The molecule has 2 aliphatic rings. The number of nitrogens with zero attached hydrogens (tertiary/aromatic N) is 2. The van der Waals surface area contributed by atoms with E-state index >= 15 is 0 Å². The number of hydrogen-bond acceptors (Lipinski definition) is 6. The van der Waals surface area contributed by atoms with Gasteiger partial charge in [0.05, 0.1) is 11.4 Å². The van der Waals surface area contributed by atoms with Crippen molar-refractivity contribution in [2.75, 3.05) is 0 Å². The van der Waals surface area contributed by atoms with Crippen LogP contribution in [0.25, 0.3) is 0 Å². The van der Waals surface area contributed by atoms with E-state index < -0.39 is 0 Å². The van der Waals surface area contributed by atoms with Crippen molar-refractivity contribution in [3.05, 3.63) is 46.3 Å². The van der Waals surface area contributed by atoms with Crippen molar-refractivity contribution in [2.24, 2.45) is 21.6 Å². The Morgan fingerprint density at radius 1 is 1.12 bits per heavy atom. The maximum absolute atomic E-state index is 9.72. The molecule has 0 saturated heterocycles. The van der Waals surface area contributed by atoms with Crippen molar-refractivity contribution in [2.45, 2.75) is 92.1 Å². The average molecular weight is 441 g/mol. The largest absolute Gasteiger partial charge is 0.465 e. The number of oxime groups is 2. The lowest BCUT2D eigenvalue weighted by molar-refractivity contribution is 0.0162. The summed E-state index contributed by atoms with van der Waals surface area (Å²) in [5.74, 6) is 4.17. The molecule has 0 radical (unpaired) electrons. The predicted octanol–water partition coefficient (Wildman–Crippen LogP) is 6.95. The van der Waals surface area contributed by atoms with Crippen LogP contribution in [0.3, 0.4) is 0 Å². The Labute approximate surface area is 190 Å². The van der Waals surface area contributed by atoms with Gasteiger partial charge in [-0.05, 0) is 24.5 Å². The monoisotopic (exact) mass is 440 g/mol. The molecule has 2 unspecified atom stereocenters. The van der Waals surface area contributed by atoms with E-state index in [9.17, 15) is 5.21 Å². The number of fused-ring (bicyclic) bond motifs is 2. The summed E-state index contributed by atoms with van der Waals surface area (Å²) < 4.78 is 12.4. The third-order valence-corrected chi connectivity index (χ3v) is 6.56. The molecule has 2 aromatic heterocycles. The van der Waals surface area contributed by atoms with Gasteiger partial charge in [0.1, 0.15) is 17.3 Å². The van der Waals surface area contributed by atoms with Gasteiger partial charge in [-0.25, -0.2) is 0 Å². The van der Waals surface area contributed by atoms with E-state index in [0.717, 1.165) is 47.0 Å². The standard InChI is InChI=1S/C26H36N2O4/c1-14(2)19-11-17-23(31-19)21(13-26(7,8)24(17)27-29)32-28-18-9-15(3)10-20-16(18)12-22(30-20)25(4,5)6/h11-12,14-15,21,29H,9-10,13H2,1-8H3/b27-24+,28-18-. The van der Waals surface area contributed by atoms with Gasteiger partial charge in [-0.3, -0.25) is 0 Å². The van der Waals surface area contributed by atoms with Gasteiger partial charge >= 0.3 is 0 Å². The molecule has 0 bridgehead atoms. The lowest BCUT2D eigenvalue weighted by Crippen LogP contribution is -2.33.